The summed E-state index contributed by atoms with van der Waals surface area (Å²) in [5, 5.41) is 2.61. The van der Waals surface area contributed by atoms with Gasteiger partial charge in [-0.25, -0.2) is 9.97 Å². The monoisotopic (exact) mass is 318 g/mol. The fourth-order valence-corrected chi connectivity index (χ4v) is 1.82. The van der Waals surface area contributed by atoms with Gasteiger partial charge in [-0.2, -0.15) is 10.0 Å². The van der Waals surface area contributed by atoms with Crippen molar-refractivity contribution in [2.75, 3.05) is 10.0 Å². The van der Waals surface area contributed by atoms with E-state index in [0.29, 0.717) is 0 Å². The Bertz CT molecular complexity index is 491. The topological polar surface area (TPSA) is 58.5 Å². The van der Waals surface area contributed by atoms with Crippen LogP contribution in [0.25, 0.3) is 0 Å². The van der Waals surface area contributed by atoms with E-state index < -0.39 is 0 Å². The van der Waals surface area contributed by atoms with Gasteiger partial charge in [-0.05, 0) is 0 Å². The third kappa shape index (κ3) is 2.66. The van der Waals surface area contributed by atoms with Gasteiger partial charge in [0, 0.05) is 0 Å². The smallest absolute Gasteiger partial charge is 0.323 e. The molecule has 0 aliphatic rings. The maximum atomic E-state index is 5.16. The summed E-state index contributed by atoms with van der Waals surface area (Å²) in [7, 11) is 0. The minimum atomic E-state index is 0.145. The Kier molecular flexibility index (Phi) is 4.22. The van der Waals surface area contributed by atoms with E-state index in [-0.39, 0.29) is 20.7 Å². The molecule has 0 aliphatic carbocycles. The molecule has 0 aliphatic heterocycles. The molecule has 6 nitrogen and oxygen atoms in total. The normalized spacial score (nSPS) is 10.1. The number of oxazole rings is 2. The van der Waals surface area contributed by atoms with Crippen molar-refractivity contribution in [3.05, 3.63) is 24.9 Å². The SMILES string of the molecule is S=C(S)N(c1ncco1)N(C(=S)S)c1ncco1. The lowest BCUT2D eigenvalue weighted by Crippen LogP contribution is -2.46. The first-order chi connectivity index (χ1) is 8.61. The lowest BCUT2D eigenvalue weighted by atomic mass is 10.8. The molecule has 0 saturated heterocycles. The van der Waals surface area contributed by atoms with Gasteiger partial charge in [0.05, 0.1) is 12.4 Å². The molecule has 0 aromatic carbocycles. The maximum absolute atomic E-state index is 5.16. The molecular formula is C8H6N4O2S4. The summed E-state index contributed by atoms with van der Waals surface area (Å²) in [6.45, 7) is 0. The summed E-state index contributed by atoms with van der Waals surface area (Å²) in [6, 6.07) is 0.342. The number of rotatable bonds is 2. The van der Waals surface area contributed by atoms with Crippen molar-refractivity contribution >= 4 is 70.4 Å². The van der Waals surface area contributed by atoms with E-state index in [1.54, 1.807) is 0 Å². The summed E-state index contributed by atoms with van der Waals surface area (Å²) in [5.74, 6) is 0. The Labute approximate surface area is 124 Å². The van der Waals surface area contributed by atoms with E-state index in [2.05, 4.69) is 35.2 Å². The molecule has 0 radical (unpaired) electrons. The largest absolute Gasteiger partial charge is 0.431 e. The van der Waals surface area contributed by atoms with Crippen molar-refractivity contribution in [1.82, 2.24) is 9.97 Å². The van der Waals surface area contributed by atoms with Crippen LogP contribution in [-0.2, 0) is 0 Å². The van der Waals surface area contributed by atoms with Gasteiger partial charge >= 0.3 is 12.0 Å². The zero-order chi connectivity index (χ0) is 13.1. The Morgan fingerprint density at radius 3 is 1.56 bits per heavy atom. The molecule has 2 rings (SSSR count). The first-order valence-electron chi connectivity index (χ1n) is 4.46. The van der Waals surface area contributed by atoms with Crippen LogP contribution in [0.1, 0.15) is 0 Å². The average molecular weight is 318 g/mol. The molecule has 18 heavy (non-hydrogen) atoms. The van der Waals surface area contributed by atoms with Gasteiger partial charge in [0.15, 0.2) is 8.64 Å². The lowest BCUT2D eigenvalue weighted by molar-refractivity contribution is 0.534. The van der Waals surface area contributed by atoms with Crippen LogP contribution in [0.3, 0.4) is 0 Å². The van der Waals surface area contributed by atoms with E-state index in [0.717, 1.165) is 0 Å². The molecule has 10 heteroatoms. The third-order valence-electron chi connectivity index (χ3n) is 1.76. The molecule has 0 N–H and O–H groups in total. The number of nitrogens with zero attached hydrogens (tertiary/aromatic N) is 4. The van der Waals surface area contributed by atoms with Gasteiger partial charge in [-0.1, -0.05) is 24.4 Å². The van der Waals surface area contributed by atoms with Crippen molar-refractivity contribution in [1.29, 1.82) is 0 Å². The van der Waals surface area contributed by atoms with Crippen molar-refractivity contribution < 1.29 is 8.83 Å². The Hall–Kier alpha value is -1.10. The molecule has 2 aromatic rings. The second-order valence-electron chi connectivity index (χ2n) is 2.82. The summed E-state index contributed by atoms with van der Waals surface area (Å²) in [6.07, 6.45) is 5.71. The highest BCUT2D eigenvalue weighted by Crippen LogP contribution is 2.23. The van der Waals surface area contributed by atoms with Gasteiger partial charge in [0.1, 0.15) is 12.5 Å². The highest BCUT2D eigenvalue weighted by molar-refractivity contribution is 8.12. The molecule has 2 aromatic heterocycles. The highest BCUT2D eigenvalue weighted by atomic mass is 32.1. The van der Waals surface area contributed by atoms with Crippen molar-refractivity contribution in [2.24, 2.45) is 0 Å². The van der Waals surface area contributed by atoms with Gasteiger partial charge in [-0.15, -0.1) is 25.3 Å². The van der Waals surface area contributed by atoms with Gasteiger partial charge in [0.25, 0.3) is 0 Å². The first kappa shape index (κ1) is 13.3. The van der Waals surface area contributed by atoms with Crippen LogP contribution in [0.4, 0.5) is 12.0 Å². The number of aromatic nitrogens is 2. The first-order valence-corrected chi connectivity index (χ1v) is 6.17. The molecule has 0 fully saturated rings. The lowest BCUT2D eigenvalue weighted by Gasteiger charge is -2.28. The third-order valence-corrected chi connectivity index (χ3v) is 2.49. The number of thiocarbonyl (C=S) groups is 2. The van der Waals surface area contributed by atoms with Crippen LogP contribution < -0.4 is 10.0 Å². The number of anilines is 2. The van der Waals surface area contributed by atoms with Crippen LogP contribution in [0, 0.1) is 0 Å². The quantitative estimate of drug-likeness (QED) is 0.497. The van der Waals surface area contributed by atoms with E-state index in [9.17, 15) is 0 Å². The predicted molar refractivity (Wildman–Crippen MR) is 81.1 cm³/mol. The van der Waals surface area contributed by atoms with Crippen LogP contribution in [-0.4, -0.2) is 18.6 Å². The maximum Gasteiger partial charge on any atom is 0.323 e. The number of hydrazine groups is 1. The van der Waals surface area contributed by atoms with Crippen LogP contribution in [0.5, 0.6) is 0 Å². The van der Waals surface area contributed by atoms with E-state index in [1.165, 1.54) is 34.9 Å². The average Bonchev–Trinajstić information content (AvgIpc) is 2.97. The molecule has 0 saturated carbocycles. The predicted octanol–water partition coefficient (Wildman–Crippen LogP) is 2.32. The number of hydrogen-bond donors (Lipinski definition) is 2. The standard InChI is InChI=1S/C8H6N4O2S4/c15-7(16)11(5-9-1-3-13-5)12(8(17)18)6-10-2-4-14-6/h1-4H,(H,15,16)(H,17,18). The number of thiol groups is 2. The molecule has 0 spiro atoms. The molecule has 2 heterocycles. The summed E-state index contributed by atoms with van der Waals surface area (Å²) < 4.78 is 10.6. The Morgan fingerprint density at radius 1 is 0.944 bits per heavy atom. The van der Waals surface area contributed by atoms with E-state index in [1.807, 2.05) is 0 Å². The molecule has 94 valence electrons. The Morgan fingerprint density at radius 2 is 1.33 bits per heavy atom. The molecule has 0 bridgehead atoms. The summed E-state index contributed by atoms with van der Waals surface area (Å²) in [5.41, 5.74) is 0. The van der Waals surface area contributed by atoms with E-state index >= 15 is 0 Å². The summed E-state index contributed by atoms with van der Waals surface area (Å²) >= 11 is 18.2. The molecule has 0 atom stereocenters. The highest BCUT2D eigenvalue weighted by Gasteiger charge is 2.28. The van der Waals surface area contributed by atoms with Crippen molar-refractivity contribution in [2.45, 2.75) is 0 Å². The zero-order valence-corrected chi connectivity index (χ0v) is 12.0. The van der Waals surface area contributed by atoms with Crippen molar-refractivity contribution in [3.8, 4) is 0 Å². The zero-order valence-electron chi connectivity index (χ0n) is 8.63. The van der Waals surface area contributed by atoms with Gasteiger partial charge in [0.2, 0.25) is 0 Å². The summed E-state index contributed by atoms with van der Waals surface area (Å²) in [4.78, 5) is 7.94. The van der Waals surface area contributed by atoms with Gasteiger partial charge < -0.3 is 8.83 Å². The fourth-order valence-electron chi connectivity index (χ4n) is 1.15. The molecule has 0 amide bonds. The van der Waals surface area contributed by atoms with Gasteiger partial charge in [-0.3, -0.25) is 0 Å². The van der Waals surface area contributed by atoms with Crippen molar-refractivity contribution in [3.63, 3.8) is 0 Å². The minimum Gasteiger partial charge on any atom is -0.431 e. The fraction of sp³-hybridized carbons (Fsp3) is 0. The second-order valence-corrected chi connectivity index (χ2v) is 5.04. The Balaban J connectivity index is 2.45. The minimum absolute atomic E-state index is 0.145. The van der Waals surface area contributed by atoms with Crippen LogP contribution in [0.15, 0.2) is 33.8 Å². The van der Waals surface area contributed by atoms with E-state index in [4.69, 9.17) is 33.3 Å². The molecule has 0 unspecified atom stereocenters. The molecular weight excluding hydrogens is 312 g/mol. The number of hydrogen-bond acceptors (Lipinski definition) is 6. The van der Waals surface area contributed by atoms with Crippen LogP contribution >= 0.6 is 49.7 Å². The second kappa shape index (κ2) is 5.69. The van der Waals surface area contributed by atoms with Crippen LogP contribution in [0.2, 0.25) is 0 Å².